The van der Waals surface area contributed by atoms with Gasteiger partial charge in [0.1, 0.15) is 17.4 Å². The zero-order valence-corrected chi connectivity index (χ0v) is 11.2. The summed E-state index contributed by atoms with van der Waals surface area (Å²) in [5.74, 6) is -0.135. The van der Waals surface area contributed by atoms with Gasteiger partial charge in [0.25, 0.3) is 0 Å². The van der Waals surface area contributed by atoms with E-state index in [-0.39, 0.29) is 18.3 Å². The number of rotatable bonds is 5. The first-order chi connectivity index (χ1) is 9.69. The minimum atomic E-state index is -0.393. The number of nitrogens with zero attached hydrogens (tertiary/aromatic N) is 1. The topological polar surface area (TPSA) is 51.2 Å². The molecule has 0 aliphatic carbocycles. The Labute approximate surface area is 120 Å². The molecule has 0 saturated heterocycles. The van der Waals surface area contributed by atoms with Gasteiger partial charge in [-0.25, -0.2) is 9.37 Å². The van der Waals surface area contributed by atoms with Crippen molar-refractivity contribution in [1.29, 1.82) is 0 Å². The van der Waals surface area contributed by atoms with Gasteiger partial charge in [0.15, 0.2) is 0 Å². The van der Waals surface area contributed by atoms with Crippen LogP contribution in [0.5, 0.6) is 11.6 Å². The molecule has 104 valence electrons. The van der Waals surface area contributed by atoms with Crippen LogP contribution < -0.4 is 10.1 Å². The van der Waals surface area contributed by atoms with Gasteiger partial charge in [0, 0.05) is 24.4 Å². The van der Waals surface area contributed by atoms with Gasteiger partial charge < -0.3 is 10.1 Å². The van der Waals surface area contributed by atoms with E-state index in [4.69, 9.17) is 16.3 Å². The summed E-state index contributed by atoms with van der Waals surface area (Å²) in [4.78, 5) is 15.2. The highest BCUT2D eigenvalue weighted by Gasteiger charge is 2.08. The van der Waals surface area contributed by atoms with Crippen molar-refractivity contribution in [2.45, 2.75) is 6.54 Å². The summed E-state index contributed by atoms with van der Waals surface area (Å²) in [7, 11) is 0. The molecular weight excluding hydrogens is 283 g/mol. The number of benzene rings is 1. The fourth-order valence-corrected chi connectivity index (χ4v) is 1.63. The van der Waals surface area contributed by atoms with Crippen molar-refractivity contribution in [2.75, 3.05) is 5.88 Å². The van der Waals surface area contributed by atoms with Crippen molar-refractivity contribution in [3.63, 3.8) is 0 Å². The van der Waals surface area contributed by atoms with Gasteiger partial charge in [-0.3, -0.25) is 4.79 Å². The van der Waals surface area contributed by atoms with Crippen molar-refractivity contribution in [1.82, 2.24) is 10.3 Å². The number of alkyl halides is 1. The maximum absolute atomic E-state index is 13.1. The molecule has 0 unspecified atom stereocenters. The molecule has 20 heavy (non-hydrogen) atoms. The second kappa shape index (κ2) is 6.86. The maximum atomic E-state index is 13.1. The Morgan fingerprint density at radius 2 is 2.20 bits per heavy atom. The van der Waals surface area contributed by atoms with Crippen LogP contribution >= 0.6 is 11.6 Å². The first-order valence-corrected chi connectivity index (χ1v) is 6.42. The summed E-state index contributed by atoms with van der Waals surface area (Å²) >= 11 is 5.40. The van der Waals surface area contributed by atoms with Gasteiger partial charge in [-0.2, -0.15) is 0 Å². The predicted molar refractivity (Wildman–Crippen MR) is 73.3 cm³/mol. The van der Waals surface area contributed by atoms with Crippen LogP contribution in [0.2, 0.25) is 0 Å². The molecule has 0 aliphatic heterocycles. The minimum Gasteiger partial charge on any atom is -0.439 e. The van der Waals surface area contributed by atoms with Crippen LogP contribution in [0.15, 0.2) is 42.6 Å². The molecule has 0 aliphatic rings. The van der Waals surface area contributed by atoms with E-state index >= 15 is 0 Å². The molecular formula is C14H12ClFN2O2. The Morgan fingerprint density at radius 1 is 1.35 bits per heavy atom. The highest BCUT2D eigenvalue weighted by Crippen LogP contribution is 2.23. The van der Waals surface area contributed by atoms with Crippen molar-refractivity contribution < 1.29 is 13.9 Å². The summed E-state index contributed by atoms with van der Waals surface area (Å²) < 4.78 is 18.6. The molecule has 0 spiro atoms. The van der Waals surface area contributed by atoms with Crippen LogP contribution in [-0.2, 0) is 11.3 Å². The first kappa shape index (κ1) is 14.3. The number of carbonyl (C=O) groups is 1. The third-order valence-electron chi connectivity index (χ3n) is 2.46. The Bertz CT molecular complexity index is 607. The summed E-state index contributed by atoms with van der Waals surface area (Å²) in [5, 5.41) is 2.62. The Kier molecular flexibility index (Phi) is 4.90. The summed E-state index contributed by atoms with van der Waals surface area (Å²) in [6, 6.07) is 9.24. The number of amides is 1. The number of halogens is 2. The normalized spacial score (nSPS) is 10.1. The first-order valence-electron chi connectivity index (χ1n) is 5.89. The van der Waals surface area contributed by atoms with Gasteiger partial charge in [-0.1, -0.05) is 12.1 Å². The molecule has 6 heteroatoms. The van der Waals surface area contributed by atoms with Crippen molar-refractivity contribution in [3.05, 3.63) is 54.0 Å². The highest BCUT2D eigenvalue weighted by atomic mass is 35.5. The molecule has 1 aromatic carbocycles. The monoisotopic (exact) mass is 294 g/mol. The second-order valence-corrected chi connectivity index (χ2v) is 4.20. The number of ether oxygens (including phenoxy) is 1. The maximum Gasteiger partial charge on any atom is 0.235 e. The van der Waals surface area contributed by atoms with Crippen LogP contribution in [-0.4, -0.2) is 16.8 Å². The lowest BCUT2D eigenvalue weighted by Gasteiger charge is -2.10. The molecule has 2 rings (SSSR count). The van der Waals surface area contributed by atoms with Gasteiger partial charge in [0.05, 0.1) is 0 Å². The Morgan fingerprint density at radius 3 is 2.95 bits per heavy atom. The third-order valence-corrected chi connectivity index (χ3v) is 2.70. The molecule has 1 amide bonds. The number of pyridine rings is 1. The summed E-state index contributed by atoms with van der Waals surface area (Å²) in [6.45, 7) is 0.240. The fraction of sp³-hybridized carbons (Fsp3) is 0.143. The van der Waals surface area contributed by atoms with Crippen LogP contribution in [0.4, 0.5) is 4.39 Å². The lowest BCUT2D eigenvalue weighted by atomic mass is 10.2. The fourth-order valence-electron chi connectivity index (χ4n) is 1.53. The van der Waals surface area contributed by atoms with Gasteiger partial charge in [0.2, 0.25) is 11.8 Å². The number of nitrogens with one attached hydrogen (secondary N) is 1. The van der Waals surface area contributed by atoms with Crippen LogP contribution in [0.25, 0.3) is 0 Å². The molecule has 2 aromatic rings. The third kappa shape index (κ3) is 3.93. The van der Waals surface area contributed by atoms with E-state index in [0.29, 0.717) is 17.2 Å². The quantitative estimate of drug-likeness (QED) is 0.863. The molecule has 1 N–H and O–H groups in total. The average molecular weight is 295 g/mol. The van der Waals surface area contributed by atoms with Gasteiger partial charge in [-0.05, 0) is 18.2 Å². The molecule has 0 saturated carbocycles. The minimum absolute atomic E-state index is 0.111. The summed E-state index contributed by atoms with van der Waals surface area (Å²) in [5.41, 5.74) is 0.676. The van der Waals surface area contributed by atoms with E-state index < -0.39 is 5.82 Å². The lowest BCUT2D eigenvalue weighted by Crippen LogP contribution is -2.24. The average Bonchev–Trinajstić information content (AvgIpc) is 2.46. The van der Waals surface area contributed by atoms with E-state index in [9.17, 15) is 9.18 Å². The molecule has 4 nitrogen and oxygen atoms in total. The van der Waals surface area contributed by atoms with E-state index in [2.05, 4.69) is 10.3 Å². The molecule has 0 radical (unpaired) electrons. The zero-order valence-electron chi connectivity index (χ0n) is 10.5. The van der Waals surface area contributed by atoms with E-state index in [0.717, 1.165) is 0 Å². The van der Waals surface area contributed by atoms with E-state index in [1.807, 2.05) is 0 Å². The lowest BCUT2D eigenvalue weighted by molar-refractivity contribution is -0.118. The standard InChI is InChI=1S/C14H12ClFN2O2/c15-8-13(19)18-9-10-3-2-6-17-14(10)20-12-5-1-4-11(16)7-12/h1-7H,8-9H2,(H,18,19). The van der Waals surface area contributed by atoms with Gasteiger partial charge in [-0.15, -0.1) is 11.6 Å². The van der Waals surface area contributed by atoms with Crippen molar-refractivity contribution in [2.24, 2.45) is 0 Å². The van der Waals surface area contributed by atoms with Crippen LogP contribution in [0.3, 0.4) is 0 Å². The number of aromatic nitrogens is 1. The Hall–Kier alpha value is -2.14. The molecule has 0 fully saturated rings. The predicted octanol–water partition coefficient (Wildman–Crippen LogP) is 2.87. The number of carbonyl (C=O) groups excluding carboxylic acids is 1. The molecule has 1 heterocycles. The molecule has 0 atom stereocenters. The molecule has 1 aromatic heterocycles. The second-order valence-electron chi connectivity index (χ2n) is 3.94. The summed E-state index contributed by atoms with van der Waals surface area (Å²) in [6.07, 6.45) is 1.56. The van der Waals surface area contributed by atoms with Crippen molar-refractivity contribution >= 4 is 17.5 Å². The number of hydrogen-bond donors (Lipinski definition) is 1. The largest absolute Gasteiger partial charge is 0.439 e. The molecule has 0 bridgehead atoms. The number of hydrogen-bond acceptors (Lipinski definition) is 3. The highest BCUT2D eigenvalue weighted by molar-refractivity contribution is 6.27. The SMILES string of the molecule is O=C(CCl)NCc1cccnc1Oc1cccc(F)c1. The van der Waals surface area contributed by atoms with E-state index in [1.165, 1.54) is 12.1 Å². The van der Waals surface area contributed by atoms with Crippen molar-refractivity contribution in [3.8, 4) is 11.6 Å². The van der Waals surface area contributed by atoms with Crippen LogP contribution in [0, 0.1) is 5.82 Å². The smallest absolute Gasteiger partial charge is 0.235 e. The Balaban J connectivity index is 2.13. The zero-order chi connectivity index (χ0) is 14.4. The van der Waals surface area contributed by atoms with E-state index in [1.54, 1.807) is 30.5 Å². The van der Waals surface area contributed by atoms with Crippen LogP contribution in [0.1, 0.15) is 5.56 Å². The van der Waals surface area contributed by atoms with Gasteiger partial charge >= 0.3 is 0 Å².